The second-order valence-electron chi connectivity index (χ2n) is 5.30. The highest BCUT2D eigenvalue weighted by Gasteiger charge is 2.19. The Labute approximate surface area is 140 Å². The van der Waals surface area contributed by atoms with E-state index in [1.165, 1.54) is 11.3 Å². The van der Waals surface area contributed by atoms with Crippen molar-refractivity contribution in [1.29, 1.82) is 0 Å². The lowest BCUT2D eigenvalue weighted by Gasteiger charge is -2.05. The van der Waals surface area contributed by atoms with Crippen LogP contribution in [0.3, 0.4) is 0 Å². The topological polar surface area (TPSA) is 110 Å². The van der Waals surface area contributed by atoms with Crippen LogP contribution < -0.4 is 25.7 Å². The van der Waals surface area contributed by atoms with Crippen molar-refractivity contribution in [1.82, 2.24) is 4.98 Å². The summed E-state index contributed by atoms with van der Waals surface area (Å²) in [6.07, 6.45) is -0.901. The molecule has 2 aromatic heterocycles. The third-order valence-corrected chi connectivity index (χ3v) is 4.70. The van der Waals surface area contributed by atoms with Crippen molar-refractivity contribution >= 4 is 33.3 Å². The van der Waals surface area contributed by atoms with Crippen LogP contribution in [-0.4, -0.2) is 17.9 Å². The Bertz CT molecular complexity index is 983. The van der Waals surface area contributed by atoms with Crippen molar-refractivity contribution in [3.63, 3.8) is 0 Å². The van der Waals surface area contributed by atoms with E-state index in [4.69, 9.17) is 25.7 Å². The summed E-state index contributed by atoms with van der Waals surface area (Å²) < 4.78 is 15.7. The number of primary amides is 1. The zero-order chi connectivity index (χ0) is 16.8. The van der Waals surface area contributed by atoms with Crippen molar-refractivity contribution in [3.8, 4) is 27.8 Å². The number of nitrogens with two attached hydrogens (primary N) is 2. The summed E-state index contributed by atoms with van der Waals surface area (Å²) in [5, 5.41) is 1.02. The third kappa shape index (κ3) is 2.28. The molecule has 0 radical (unpaired) electrons. The molecule has 0 saturated carbocycles. The first-order valence-corrected chi connectivity index (χ1v) is 7.91. The highest BCUT2D eigenvalue weighted by atomic mass is 32.1. The SMILES string of the molecule is Cc1cc(-c2ccc3c(c2)OCO3)nc2sc(OC(N)=O)c(N)c12. The fourth-order valence-corrected chi connectivity index (χ4v) is 3.69. The summed E-state index contributed by atoms with van der Waals surface area (Å²) in [6, 6.07) is 7.58. The van der Waals surface area contributed by atoms with Crippen LogP contribution in [0.1, 0.15) is 5.56 Å². The molecular weight excluding hydrogens is 330 g/mol. The van der Waals surface area contributed by atoms with Gasteiger partial charge in [-0.3, -0.25) is 0 Å². The molecule has 0 saturated heterocycles. The lowest BCUT2D eigenvalue weighted by Crippen LogP contribution is -2.16. The van der Waals surface area contributed by atoms with Gasteiger partial charge in [0.25, 0.3) is 0 Å². The van der Waals surface area contributed by atoms with Gasteiger partial charge >= 0.3 is 6.09 Å². The Kier molecular flexibility index (Phi) is 3.20. The molecule has 3 aromatic rings. The Morgan fingerprint density at radius 2 is 2.08 bits per heavy atom. The van der Waals surface area contributed by atoms with Crippen LogP contribution in [0.15, 0.2) is 24.3 Å². The van der Waals surface area contributed by atoms with Crippen LogP contribution >= 0.6 is 11.3 Å². The number of anilines is 1. The van der Waals surface area contributed by atoms with Gasteiger partial charge in [0.05, 0.1) is 11.4 Å². The van der Waals surface area contributed by atoms with E-state index >= 15 is 0 Å². The fourth-order valence-electron chi connectivity index (χ4n) is 2.66. The molecule has 4 N–H and O–H groups in total. The van der Waals surface area contributed by atoms with Gasteiger partial charge in [-0.2, -0.15) is 0 Å². The maximum Gasteiger partial charge on any atom is 0.410 e. The van der Waals surface area contributed by atoms with E-state index < -0.39 is 6.09 Å². The number of nitrogen functional groups attached to an aromatic ring is 1. The second kappa shape index (κ2) is 5.27. The molecule has 0 unspecified atom stereocenters. The molecule has 1 aliphatic rings. The number of pyridine rings is 1. The Morgan fingerprint density at radius 3 is 2.88 bits per heavy atom. The normalized spacial score (nSPS) is 12.5. The molecule has 1 amide bonds. The van der Waals surface area contributed by atoms with Crippen LogP contribution in [0.5, 0.6) is 16.6 Å². The van der Waals surface area contributed by atoms with E-state index in [1.54, 1.807) is 0 Å². The number of carbonyl (C=O) groups excluding carboxylic acids is 1. The van der Waals surface area contributed by atoms with Crippen LogP contribution in [-0.2, 0) is 0 Å². The maximum atomic E-state index is 11.0. The first-order chi connectivity index (χ1) is 11.5. The van der Waals surface area contributed by atoms with E-state index in [0.717, 1.165) is 22.2 Å². The number of hydrogen-bond donors (Lipinski definition) is 2. The zero-order valence-corrected chi connectivity index (χ0v) is 13.5. The summed E-state index contributed by atoms with van der Waals surface area (Å²) in [5.74, 6) is 1.41. The molecule has 4 rings (SSSR count). The van der Waals surface area contributed by atoms with Gasteiger partial charge in [0.15, 0.2) is 11.5 Å². The maximum absolute atomic E-state index is 11.0. The average molecular weight is 343 g/mol. The van der Waals surface area contributed by atoms with E-state index in [-0.39, 0.29) is 11.9 Å². The van der Waals surface area contributed by atoms with Gasteiger partial charge in [0.2, 0.25) is 11.9 Å². The molecule has 1 aromatic carbocycles. The Balaban J connectivity index is 1.84. The molecule has 122 valence electrons. The van der Waals surface area contributed by atoms with Crippen LogP contribution in [0.4, 0.5) is 10.5 Å². The monoisotopic (exact) mass is 343 g/mol. The van der Waals surface area contributed by atoms with Gasteiger partial charge in [0, 0.05) is 10.9 Å². The number of thiophene rings is 1. The number of amides is 1. The molecule has 0 bridgehead atoms. The summed E-state index contributed by atoms with van der Waals surface area (Å²) in [6.45, 7) is 2.15. The number of hydrogen-bond acceptors (Lipinski definition) is 7. The molecule has 0 aliphatic carbocycles. The van der Waals surface area contributed by atoms with Crippen LogP contribution in [0.2, 0.25) is 0 Å². The van der Waals surface area contributed by atoms with Crippen molar-refractivity contribution in [2.45, 2.75) is 6.92 Å². The lowest BCUT2D eigenvalue weighted by atomic mass is 10.1. The van der Waals surface area contributed by atoms with Crippen molar-refractivity contribution in [3.05, 3.63) is 29.8 Å². The van der Waals surface area contributed by atoms with Crippen molar-refractivity contribution in [2.24, 2.45) is 5.73 Å². The van der Waals surface area contributed by atoms with Gasteiger partial charge in [0.1, 0.15) is 4.83 Å². The summed E-state index contributed by atoms with van der Waals surface area (Å²) in [7, 11) is 0. The number of carbonyl (C=O) groups is 1. The predicted molar refractivity (Wildman–Crippen MR) is 90.5 cm³/mol. The zero-order valence-electron chi connectivity index (χ0n) is 12.7. The molecule has 0 fully saturated rings. The number of benzene rings is 1. The number of aryl methyl sites for hydroxylation is 1. The molecule has 8 heteroatoms. The predicted octanol–water partition coefficient (Wildman–Crippen LogP) is 3.04. The highest BCUT2D eigenvalue weighted by molar-refractivity contribution is 7.21. The first-order valence-electron chi connectivity index (χ1n) is 7.10. The molecular formula is C16H13N3O4S. The minimum Gasteiger partial charge on any atom is -0.454 e. The Hall–Kier alpha value is -3.00. The third-order valence-electron chi connectivity index (χ3n) is 3.72. The lowest BCUT2D eigenvalue weighted by molar-refractivity contribution is 0.174. The number of ether oxygens (including phenoxy) is 3. The quantitative estimate of drug-likeness (QED) is 0.740. The van der Waals surface area contributed by atoms with Gasteiger partial charge < -0.3 is 25.7 Å². The second-order valence-corrected chi connectivity index (χ2v) is 6.26. The highest BCUT2D eigenvalue weighted by Crippen LogP contribution is 2.42. The van der Waals surface area contributed by atoms with Gasteiger partial charge in [-0.05, 0) is 36.8 Å². The standard InChI is InChI=1S/C16H13N3O4S/c1-7-4-9(8-2-3-10-11(5-8)22-6-21-10)19-14-12(7)13(17)15(24-14)23-16(18)20/h2-5H,6,17H2,1H3,(H2,18,20). The smallest absolute Gasteiger partial charge is 0.410 e. The van der Waals surface area contributed by atoms with Crippen molar-refractivity contribution in [2.75, 3.05) is 12.5 Å². The molecule has 0 spiro atoms. The van der Waals surface area contributed by atoms with E-state index in [9.17, 15) is 4.79 Å². The molecule has 3 heterocycles. The summed E-state index contributed by atoms with van der Waals surface area (Å²) >= 11 is 1.19. The van der Waals surface area contributed by atoms with E-state index in [2.05, 4.69) is 4.98 Å². The van der Waals surface area contributed by atoms with Gasteiger partial charge in [-0.1, -0.05) is 11.3 Å². The number of nitrogens with zero attached hydrogens (tertiary/aromatic N) is 1. The molecule has 24 heavy (non-hydrogen) atoms. The number of rotatable bonds is 2. The Morgan fingerprint density at radius 1 is 1.29 bits per heavy atom. The van der Waals surface area contributed by atoms with Gasteiger partial charge in [-0.15, -0.1) is 0 Å². The van der Waals surface area contributed by atoms with Crippen molar-refractivity contribution < 1.29 is 19.0 Å². The molecule has 7 nitrogen and oxygen atoms in total. The van der Waals surface area contributed by atoms with E-state index in [1.807, 2.05) is 31.2 Å². The van der Waals surface area contributed by atoms with Crippen LogP contribution in [0.25, 0.3) is 21.5 Å². The summed E-state index contributed by atoms with van der Waals surface area (Å²) in [4.78, 5) is 16.3. The van der Waals surface area contributed by atoms with Gasteiger partial charge in [-0.25, -0.2) is 9.78 Å². The summed E-state index contributed by atoms with van der Waals surface area (Å²) in [5.41, 5.74) is 14.1. The molecule has 0 atom stereocenters. The average Bonchev–Trinajstić information content (AvgIpc) is 3.11. The largest absolute Gasteiger partial charge is 0.454 e. The number of aromatic nitrogens is 1. The minimum absolute atomic E-state index is 0.222. The molecule has 1 aliphatic heterocycles. The number of fused-ring (bicyclic) bond motifs is 2. The first kappa shape index (κ1) is 14.6. The van der Waals surface area contributed by atoms with E-state index in [0.29, 0.717) is 22.0 Å². The fraction of sp³-hybridized carbons (Fsp3) is 0.125. The van der Waals surface area contributed by atoms with Crippen LogP contribution in [0, 0.1) is 6.92 Å². The minimum atomic E-state index is -0.901.